The van der Waals surface area contributed by atoms with E-state index >= 15 is 0 Å². The van der Waals surface area contributed by atoms with Crippen LogP contribution in [0.15, 0.2) is 34.9 Å². The Morgan fingerprint density at radius 2 is 2.10 bits per heavy atom. The zero-order valence-electron chi connectivity index (χ0n) is 18.9. The second-order valence-corrected chi connectivity index (χ2v) is 10.5. The number of methoxy groups -OCH3 is 1. The first-order valence-electron chi connectivity index (χ1n) is 11.8. The zero-order chi connectivity index (χ0) is 21.6. The van der Waals surface area contributed by atoms with Crippen LogP contribution >= 0.6 is 0 Å². The molecule has 4 heteroatoms. The standard InChI is InChI=1S/C26H38O4/c1-15(11-25(30-4)16(2)27)22-7-8-23-21-14-24(29)18-12-17(5-6-19(28)13-18)20(21)9-10-26(22,23)3/h5,11,14,16,18-20,22-23,25,27-28H,6-10,12-13H2,1-4H3/b15-11-/t16?,18-,19-,20+,22+,23-,25-,26+/m0/s1. The van der Waals surface area contributed by atoms with Gasteiger partial charge in [0.15, 0.2) is 5.78 Å². The molecule has 4 aliphatic rings. The van der Waals surface area contributed by atoms with Gasteiger partial charge >= 0.3 is 0 Å². The molecular formula is C26H38O4. The average Bonchev–Trinajstić information content (AvgIpc) is 2.84. The first-order valence-corrected chi connectivity index (χ1v) is 11.8. The molecule has 8 atom stereocenters. The van der Waals surface area contributed by atoms with Crippen molar-refractivity contribution in [2.75, 3.05) is 7.11 Å². The van der Waals surface area contributed by atoms with Gasteiger partial charge in [0.1, 0.15) is 6.10 Å². The highest BCUT2D eigenvalue weighted by Gasteiger charge is 2.53. The second-order valence-electron chi connectivity index (χ2n) is 10.5. The summed E-state index contributed by atoms with van der Waals surface area (Å²) >= 11 is 0. The molecule has 4 aliphatic carbocycles. The lowest BCUT2D eigenvalue weighted by Crippen LogP contribution is -2.38. The molecule has 166 valence electrons. The first kappa shape index (κ1) is 22.0. The van der Waals surface area contributed by atoms with Crippen LogP contribution in [0.4, 0.5) is 0 Å². The smallest absolute Gasteiger partial charge is 0.159 e. The predicted molar refractivity (Wildman–Crippen MR) is 118 cm³/mol. The summed E-state index contributed by atoms with van der Waals surface area (Å²) in [5, 5.41) is 20.2. The second kappa shape index (κ2) is 8.37. The monoisotopic (exact) mass is 414 g/mol. The molecule has 0 aromatic rings. The van der Waals surface area contributed by atoms with E-state index in [1.54, 1.807) is 14.0 Å². The number of hydrogen-bond acceptors (Lipinski definition) is 4. The summed E-state index contributed by atoms with van der Waals surface area (Å²) in [5.41, 5.74) is 4.23. The van der Waals surface area contributed by atoms with Gasteiger partial charge in [0.2, 0.25) is 0 Å². The molecule has 0 saturated heterocycles. The molecule has 2 N–H and O–H groups in total. The van der Waals surface area contributed by atoms with E-state index in [1.165, 1.54) is 16.7 Å². The minimum atomic E-state index is -0.529. The Bertz CT molecular complexity index is 776. The van der Waals surface area contributed by atoms with Crippen molar-refractivity contribution < 1.29 is 19.7 Å². The van der Waals surface area contributed by atoms with Crippen LogP contribution in [-0.4, -0.2) is 41.4 Å². The molecule has 0 heterocycles. The van der Waals surface area contributed by atoms with Crippen molar-refractivity contribution in [1.82, 2.24) is 0 Å². The van der Waals surface area contributed by atoms with Crippen LogP contribution in [0.5, 0.6) is 0 Å². The van der Waals surface area contributed by atoms with E-state index in [0.29, 0.717) is 30.6 Å². The molecule has 0 aliphatic heterocycles. The number of aliphatic hydroxyl groups excluding tert-OH is 2. The Morgan fingerprint density at radius 3 is 2.80 bits per heavy atom. The quantitative estimate of drug-likeness (QED) is 0.671. The van der Waals surface area contributed by atoms with Gasteiger partial charge in [0.25, 0.3) is 0 Å². The summed E-state index contributed by atoms with van der Waals surface area (Å²) in [5.74, 6) is 1.46. The average molecular weight is 415 g/mol. The van der Waals surface area contributed by atoms with Gasteiger partial charge in [0.05, 0.1) is 12.2 Å². The van der Waals surface area contributed by atoms with Gasteiger partial charge < -0.3 is 14.9 Å². The van der Waals surface area contributed by atoms with Crippen molar-refractivity contribution in [2.24, 2.45) is 29.1 Å². The van der Waals surface area contributed by atoms with Gasteiger partial charge in [-0.25, -0.2) is 0 Å². The molecule has 0 spiro atoms. The van der Waals surface area contributed by atoms with Crippen molar-refractivity contribution in [1.29, 1.82) is 0 Å². The molecule has 2 bridgehead atoms. The lowest BCUT2D eigenvalue weighted by Gasteiger charge is -2.46. The van der Waals surface area contributed by atoms with Gasteiger partial charge in [-0.1, -0.05) is 35.8 Å². The van der Waals surface area contributed by atoms with Gasteiger partial charge in [-0.3, -0.25) is 4.79 Å². The fourth-order valence-electron chi connectivity index (χ4n) is 7.07. The number of rotatable bonds is 4. The fourth-order valence-corrected chi connectivity index (χ4v) is 7.07. The Morgan fingerprint density at radius 1 is 1.33 bits per heavy atom. The molecule has 30 heavy (non-hydrogen) atoms. The fraction of sp³-hybridized carbons (Fsp3) is 0.731. The molecule has 0 aromatic carbocycles. The maximum atomic E-state index is 13.1. The maximum Gasteiger partial charge on any atom is 0.159 e. The Labute approximate surface area is 181 Å². The van der Waals surface area contributed by atoms with E-state index in [9.17, 15) is 15.0 Å². The third-order valence-corrected chi connectivity index (χ3v) is 8.69. The summed E-state index contributed by atoms with van der Waals surface area (Å²) in [4.78, 5) is 13.1. The van der Waals surface area contributed by atoms with Crippen molar-refractivity contribution in [2.45, 2.75) is 84.0 Å². The summed E-state index contributed by atoms with van der Waals surface area (Å²) in [7, 11) is 1.65. The molecular weight excluding hydrogens is 376 g/mol. The molecule has 4 nitrogen and oxygen atoms in total. The van der Waals surface area contributed by atoms with E-state index < -0.39 is 6.10 Å². The van der Waals surface area contributed by atoms with E-state index in [-0.39, 0.29) is 29.3 Å². The molecule has 1 unspecified atom stereocenters. The Kier molecular flexibility index (Phi) is 6.13. The largest absolute Gasteiger partial charge is 0.393 e. The minimum Gasteiger partial charge on any atom is -0.393 e. The van der Waals surface area contributed by atoms with E-state index in [0.717, 1.165) is 32.1 Å². The van der Waals surface area contributed by atoms with E-state index in [2.05, 4.69) is 26.0 Å². The third-order valence-electron chi connectivity index (χ3n) is 8.69. The van der Waals surface area contributed by atoms with Gasteiger partial charge in [-0.15, -0.1) is 0 Å². The van der Waals surface area contributed by atoms with Crippen LogP contribution < -0.4 is 0 Å². The van der Waals surface area contributed by atoms with E-state index in [1.807, 2.05) is 6.08 Å². The lowest BCUT2D eigenvalue weighted by molar-refractivity contribution is -0.119. The Hall–Kier alpha value is -1.23. The highest BCUT2D eigenvalue weighted by atomic mass is 16.5. The molecule has 0 radical (unpaired) electrons. The SMILES string of the molecule is CO[C@@H](/C=C(/C)[C@H]1CC[C@H]2C3=CC(=O)[C@H]4CC(=CC[C@H](O)C4)[C@H]3CC[C@]12C)C(C)O. The highest BCUT2D eigenvalue weighted by molar-refractivity contribution is 5.93. The third kappa shape index (κ3) is 3.76. The van der Waals surface area contributed by atoms with Crippen LogP contribution in [0, 0.1) is 29.1 Å². The van der Waals surface area contributed by atoms with Crippen molar-refractivity contribution in [3.05, 3.63) is 34.9 Å². The summed E-state index contributed by atoms with van der Waals surface area (Å²) < 4.78 is 5.48. The van der Waals surface area contributed by atoms with Crippen molar-refractivity contribution in [3.8, 4) is 0 Å². The molecule has 0 aromatic heterocycles. The summed E-state index contributed by atoms with van der Waals surface area (Å²) in [6.45, 7) is 6.38. The molecule has 4 rings (SSSR count). The number of carbonyl (C=O) groups excluding carboxylic acids is 1. The zero-order valence-corrected chi connectivity index (χ0v) is 18.9. The molecule has 2 fully saturated rings. The highest BCUT2D eigenvalue weighted by Crippen LogP contribution is 2.62. The number of aliphatic hydroxyl groups is 2. The number of allylic oxidation sites excluding steroid dienone is 4. The van der Waals surface area contributed by atoms with Crippen LogP contribution in [-0.2, 0) is 9.53 Å². The number of fused-ring (bicyclic) bond motifs is 6. The van der Waals surface area contributed by atoms with Gasteiger partial charge in [-0.2, -0.15) is 0 Å². The van der Waals surface area contributed by atoms with Crippen LogP contribution in [0.2, 0.25) is 0 Å². The van der Waals surface area contributed by atoms with Crippen molar-refractivity contribution in [3.63, 3.8) is 0 Å². The van der Waals surface area contributed by atoms with Gasteiger partial charge in [0, 0.05) is 18.9 Å². The molecule has 2 saturated carbocycles. The van der Waals surface area contributed by atoms with Gasteiger partial charge in [-0.05, 0) is 82.1 Å². The topological polar surface area (TPSA) is 66.8 Å². The number of hydrogen-bond donors (Lipinski definition) is 2. The summed E-state index contributed by atoms with van der Waals surface area (Å²) in [6.07, 6.45) is 11.8. The van der Waals surface area contributed by atoms with Crippen LogP contribution in [0.25, 0.3) is 0 Å². The summed E-state index contributed by atoms with van der Waals surface area (Å²) in [6, 6.07) is 0. The van der Waals surface area contributed by atoms with Crippen LogP contribution in [0.1, 0.15) is 65.7 Å². The maximum absolute atomic E-state index is 13.1. The normalized spacial score (nSPS) is 41.1. The molecule has 0 amide bonds. The van der Waals surface area contributed by atoms with Crippen molar-refractivity contribution >= 4 is 5.78 Å². The minimum absolute atomic E-state index is 0.0505. The predicted octanol–water partition coefficient (Wildman–Crippen LogP) is 4.37. The first-order chi connectivity index (χ1) is 14.2. The van der Waals surface area contributed by atoms with E-state index in [4.69, 9.17) is 4.74 Å². The lowest BCUT2D eigenvalue weighted by atomic mass is 9.58. The number of carbonyl (C=O) groups is 1. The Balaban J connectivity index is 1.65. The van der Waals surface area contributed by atoms with Crippen LogP contribution in [0.3, 0.4) is 0 Å². The number of ketones is 1. The number of ether oxygens (including phenoxy) is 1.